The van der Waals surface area contributed by atoms with Gasteiger partial charge in [0.2, 0.25) is 5.91 Å². The Balaban J connectivity index is 1.07. The molecule has 0 aromatic heterocycles. The summed E-state index contributed by atoms with van der Waals surface area (Å²) in [7, 11) is 0. The molecule has 2 N–H and O–H groups in total. The fourth-order valence-electron chi connectivity index (χ4n) is 4.23. The number of anilines is 3. The van der Waals surface area contributed by atoms with Gasteiger partial charge in [-0.3, -0.25) is 4.79 Å². The zero-order valence-corrected chi connectivity index (χ0v) is 28.5. The molecule has 0 aliphatic carbocycles. The van der Waals surface area contributed by atoms with E-state index in [-0.39, 0.29) is 30.4 Å². The van der Waals surface area contributed by atoms with Gasteiger partial charge >= 0.3 is 12.1 Å². The molecule has 280 valence electrons. The molecule has 0 radical (unpaired) electrons. The normalized spacial score (nSPS) is 11.3. The van der Waals surface area contributed by atoms with Gasteiger partial charge in [-0.2, -0.15) is 13.2 Å². The highest BCUT2D eigenvalue weighted by Gasteiger charge is 2.30. The van der Waals surface area contributed by atoms with Crippen LogP contribution in [0.1, 0.15) is 22.8 Å². The van der Waals surface area contributed by atoms with Crippen molar-refractivity contribution in [1.29, 1.82) is 0 Å². The van der Waals surface area contributed by atoms with Gasteiger partial charge in [0.15, 0.2) is 0 Å². The Bertz CT molecular complexity index is 1430. The minimum absolute atomic E-state index is 0.00558. The highest BCUT2D eigenvalue weighted by atomic mass is 19.4. The van der Waals surface area contributed by atoms with Crippen LogP contribution in [0.5, 0.6) is 5.75 Å². The minimum Gasteiger partial charge on any atom is -0.491 e. The number of carbonyl (C=O) groups excluding carboxylic acids is 2. The number of rotatable bonds is 26. The van der Waals surface area contributed by atoms with Gasteiger partial charge in [-0.05, 0) is 54.6 Å². The van der Waals surface area contributed by atoms with Gasteiger partial charge in [0.05, 0.1) is 96.1 Å². The number of benzene rings is 3. The van der Waals surface area contributed by atoms with Gasteiger partial charge in [0.25, 0.3) is 0 Å². The van der Waals surface area contributed by atoms with Crippen molar-refractivity contribution < 1.29 is 60.7 Å². The summed E-state index contributed by atoms with van der Waals surface area (Å²) in [5, 5.41) is 5.55. The summed E-state index contributed by atoms with van der Waals surface area (Å²) in [6.07, 6.45) is -4.48. The minimum atomic E-state index is -4.48. The Hall–Kier alpha value is -4.25. The molecule has 0 saturated carbocycles. The second-order valence-electron chi connectivity index (χ2n) is 10.6. The molecule has 0 saturated heterocycles. The average molecular weight is 723 g/mol. The van der Waals surface area contributed by atoms with Crippen LogP contribution in [0.25, 0.3) is 0 Å². The number of amides is 1. The predicted octanol–water partition coefficient (Wildman–Crippen LogP) is 5.74. The molecule has 3 aromatic rings. The topological polar surface area (TPSA) is 132 Å². The summed E-state index contributed by atoms with van der Waals surface area (Å²) in [4.78, 5) is 23.6. The van der Waals surface area contributed by atoms with Crippen LogP contribution in [-0.2, 0) is 44.1 Å². The maximum Gasteiger partial charge on any atom is 0.416 e. The largest absolute Gasteiger partial charge is 0.491 e. The fourth-order valence-corrected chi connectivity index (χ4v) is 4.23. The van der Waals surface area contributed by atoms with Gasteiger partial charge in [-0.15, -0.1) is 0 Å². The van der Waals surface area contributed by atoms with Crippen molar-refractivity contribution in [1.82, 2.24) is 0 Å². The van der Waals surface area contributed by atoms with E-state index in [9.17, 15) is 22.8 Å². The van der Waals surface area contributed by atoms with Crippen molar-refractivity contribution in [2.24, 2.45) is 0 Å². The Kier molecular flexibility index (Phi) is 19.4. The third-order valence-corrected chi connectivity index (χ3v) is 6.61. The van der Waals surface area contributed by atoms with E-state index in [1.807, 2.05) is 0 Å². The first-order chi connectivity index (χ1) is 24.7. The number of hydrogen-bond acceptors (Lipinski definition) is 11. The molecule has 12 nitrogen and oxygen atoms in total. The lowest BCUT2D eigenvalue weighted by Gasteiger charge is -2.13. The number of nitrogens with one attached hydrogen (secondary N) is 2. The summed E-state index contributed by atoms with van der Waals surface area (Å²) in [6.45, 7) is 6.44. The zero-order valence-electron chi connectivity index (χ0n) is 28.5. The summed E-state index contributed by atoms with van der Waals surface area (Å²) >= 11 is 0. The SMILES string of the molecule is CC(=O)Nc1ccc(OCCOCCOCCOCCOCCOCCOCCOC(=O)c2ccccc2Nc2cccc(C(F)(F)F)c2)cc1. The zero-order chi connectivity index (χ0) is 36.6. The molecule has 3 aromatic carbocycles. The van der Waals surface area contributed by atoms with E-state index in [1.165, 1.54) is 25.1 Å². The van der Waals surface area contributed by atoms with Crippen LogP contribution >= 0.6 is 0 Å². The van der Waals surface area contributed by atoms with Gasteiger partial charge in [-0.1, -0.05) is 18.2 Å². The first-order valence-electron chi connectivity index (χ1n) is 16.4. The Labute approximate surface area is 295 Å². The molecule has 0 fully saturated rings. The molecule has 3 rings (SSSR count). The third kappa shape index (κ3) is 18.0. The Morgan fingerprint density at radius 1 is 0.588 bits per heavy atom. The van der Waals surface area contributed by atoms with E-state index in [2.05, 4.69) is 10.6 Å². The number of esters is 1. The molecule has 0 aliphatic rings. The van der Waals surface area contributed by atoms with Crippen LogP contribution in [0.15, 0.2) is 72.8 Å². The Morgan fingerprint density at radius 2 is 1.10 bits per heavy atom. The third-order valence-electron chi connectivity index (χ3n) is 6.61. The lowest BCUT2D eigenvalue weighted by Crippen LogP contribution is -2.15. The predicted molar refractivity (Wildman–Crippen MR) is 183 cm³/mol. The quantitative estimate of drug-likeness (QED) is 0.0777. The Morgan fingerprint density at radius 3 is 1.63 bits per heavy atom. The first-order valence-corrected chi connectivity index (χ1v) is 16.4. The van der Waals surface area contributed by atoms with Crippen molar-refractivity contribution in [3.8, 4) is 5.75 Å². The molecule has 0 unspecified atom stereocenters. The number of hydrogen-bond donors (Lipinski definition) is 2. The van der Waals surface area contributed by atoms with Crippen LogP contribution in [0.4, 0.5) is 30.2 Å². The van der Waals surface area contributed by atoms with Crippen molar-refractivity contribution in [3.63, 3.8) is 0 Å². The number of ether oxygens (including phenoxy) is 8. The molecule has 0 spiro atoms. The average Bonchev–Trinajstić information content (AvgIpc) is 3.11. The number of alkyl halides is 3. The van der Waals surface area contributed by atoms with Gasteiger partial charge in [0, 0.05) is 18.3 Å². The molecule has 15 heteroatoms. The smallest absolute Gasteiger partial charge is 0.416 e. The summed E-state index contributed by atoms with van der Waals surface area (Å²) in [6, 6.07) is 18.2. The fraction of sp³-hybridized carbons (Fsp3) is 0.444. The number of para-hydroxylation sites is 1. The van der Waals surface area contributed by atoms with Crippen LogP contribution in [-0.4, -0.2) is 104 Å². The molecule has 0 aliphatic heterocycles. The van der Waals surface area contributed by atoms with E-state index < -0.39 is 17.7 Å². The van der Waals surface area contributed by atoms with Crippen LogP contribution in [0, 0.1) is 0 Å². The molecule has 51 heavy (non-hydrogen) atoms. The van der Waals surface area contributed by atoms with Crippen LogP contribution < -0.4 is 15.4 Å². The van der Waals surface area contributed by atoms with Crippen molar-refractivity contribution in [3.05, 3.63) is 83.9 Å². The van der Waals surface area contributed by atoms with Crippen LogP contribution in [0.2, 0.25) is 0 Å². The van der Waals surface area contributed by atoms with Gasteiger partial charge in [-0.25, -0.2) is 4.79 Å². The van der Waals surface area contributed by atoms with Crippen molar-refractivity contribution in [2.75, 3.05) is 103 Å². The molecule has 0 bridgehead atoms. The van der Waals surface area contributed by atoms with Crippen molar-refractivity contribution in [2.45, 2.75) is 13.1 Å². The summed E-state index contributed by atoms with van der Waals surface area (Å²) in [5.74, 6) is -0.0651. The van der Waals surface area contributed by atoms with E-state index in [1.54, 1.807) is 42.5 Å². The molecular formula is C36H45F3N2O10. The monoisotopic (exact) mass is 722 g/mol. The molecule has 1 amide bonds. The number of carbonyl (C=O) groups is 2. The highest BCUT2D eigenvalue weighted by Crippen LogP contribution is 2.32. The highest BCUT2D eigenvalue weighted by molar-refractivity contribution is 5.96. The summed E-state index contributed by atoms with van der Waals surface area (Å²) in [5.41, 5.74) is 0.610. The summed E-state index contributed by atoms with van der Waals surface area (Å²) < 4.78 is 82.7. The standard InChI is InChI=1S/C36H45F3N2O10/c1-28(42)40-30-9-11-32(12-10-30)50-25-23-48-21-19-46-17-15-44-13-14-45-16-18-47-20-22-49-24-26-51-35(43)33-7-2-3-8-34(33)41-31-6-4-5-29(27-31)36(37,38)39/h2-12,27,41H,13-26H2,1H3,(H,40,42). The number of halogens is 3. The molecule has 0 atom stereocenters. The maximum absolute atomic E-state index is 13.0. The molecule has 0 heterocycles. The van der Waals surface area contributed by atoms with Crippen LogP contribution in [0.3, 0.4) is 0 Å². The lowest BCUT2D eigenvalue weighted by molar-refractivity contribution is -0.137. The van der Waals surface area contributed by atoms with E-state index in [0.717, 1.165) is 12.1 Å². The second-order valence-corrected chi connectivity index (χ2v) is 10.6. The second kappa shape index (κ2) is 24.0. The van der Waals surface area contributed by atoms with Crippen molar-refractivity contribution >= 4 is 28.9 Å². The first kappa shape index (κ1) is 41.2. The maximum atomic E-state index is 13.0. The van der Waals surface area contributed by atoms with Gasteiger partial charge in [0.1, 0.15) is 19.0 Å². The van der Waals surface area contributed by atoms with Gasteiger partial charge < -0.3 is 48.5 Å². The molecular weight excluding hydrogens is 677 g/mol. The van der Waals surface area contributed by atoms with E-state index >= 15 is 0 Å². The van der Waals surface area contributed by atoms with E-state index in [4.69, 9.17) is 37.9 Å². The van der Waals surface area contributed by atoms with E-state index in [0.29, 0.717) is 96.4 Å². The lowest BCUT2D eigenvalue weighted by atomic mass is 10.1.